The Bertz CT molecular complexity index is 337. The predicted octanol–water partition coefficient (Wildman–Crippen LogP) is 4.07. The van der Waals surface area contributed by atoms with Crippen molar-refractivity contribution in [3.05, 3.63) is 29.8 Å². The first-order chi connectivity index (χ1) is 8.31. The third-order valence-electron chi connectivity index (χ3n) is 2.96. The first kappa shape index (κ1) is 13.6. The molecule has 1 aromatic rings. The number of rotatable bonds is 7. The van der Waals surface area contributed by atoms with Gasteiger partial charge in [-0.2, -0.15) is 0 Å². The Morgan fingerprint density at radius 1 is 1.00 bits per heavy atom. The van der Waals surface area contributed by atoms with Crippen molar-refractivity contribution in [3.63, 3.8) is 0 Å². The van der Waals surface area contributed by atoms with E-state index in [4.69, 9.17) is 6.42 Å². The van der Waals surface area contributed by atoms with Gasteiger partial charge in [-0.05, 0) is 37.1 Å². The molecule has 1 aromatic carbocycles. The molecule has 0 aliphatic carbocycles. The lowest BCUT2D eigenvalue weighted by atomic mass is 10.2. The van der Waals surface area contributed by atoms with Crippen LogP contribution in [0, 0.1) is 12.3 Å². The summed E-state index contributed by atoms with van der Waals surface area (Å²) in [7, 11) is 0. The van der Waals surface area contributed by atoms with Gasteiger partial charge in [-0.1, -0.05) is 32.6 Å². The van der Waals surface area contributed by atoms with Gasteiger partial charge in [0.15, 0.2) is 0 Å². The van der Waals surface area contributed by atoms with Crippen molar-refractivity contribution in [1.29, 1.82) is 0 Å². The van der Waals surface area contributed by atoms with E-state index < -0.39 is 0 Å². The van der Waals surface area contributed by atoms with Crippen molar-refractivity contribution in [2.45, 2.75) is 39.5 Å². The van der Waals surface area contributed by atoms with E-state index in [0.717, 1.165) is 18.7 Å². The maximum Gasteiger partial charge on any atom is 0.0367 e. The van der Waals surface area contributed by atoms with Crippen molar-refractivity contribution < 1.29 is 0 Å². The first-order valence-electron chi connectivity index (χ1n) is 6.63. The highest BCUT2D eigenvalue weighted by Crippen LogP contribution is 2.16. The van der Waals surface area contributed by atoms with Gasteiger partial charge < -0.3 is 4.90 Å². The molecule has 1 rings (SSSR count). The predicted molar refractivity (Wildman–Crippen MR) is 76.4 cm³/mol. The van der Waals surface area contributed by atoms with Crippen LogP contribution in [0.1, 0.15) is 45.1 Å². The van der Waals surface area contributed by atoms with E-state index >= 15 is 0 Å². The van der Waals surface area contributed by atoms with Crippen LogP contribution in [0.5, 0.6) is 0 Å². The standard InChI is InChI=1S/C16H23N/c1-4-7-13-17(14-8-5-2)16-11-9-15(6-3)10-12-16/h3,9-12H,4-5,7-8,13-14H2,1-2H3. The van der Waals surface area contributed by atoms with Gasteiger partial charge in [-0.25, -0.2) is 0 Å². The summed E-state index contributed by atoms with van der Waals surface area (Å²) in [4.78, 5) is 2.47. The Hall–Kier alpha value is -1.42. The molecule has 0 bridgehead atoms. The minimum absolute atomic E-state index is 0.958. The molecule has 0 amide bonds. The monoisotopic (exact) mass is 229 g/mol. The number of hydrogen-bond donors (Lipinski definition) is 0. The van der Waals surface area contributed by atoms with Crippen LogP contribution in [0.4, 0.5) is 5.69 Å². The lowest BCUT2D eigenvalue weighted by Gasteiger charge is -2.24. The number of nitrogens with zero attached hydrogens (tertiary/aromatic N) is 1. The Morgan fingerprint density at radius 2 is 1.53 bits per heavy atom. The van der Waals surface area contributed by atoms with E-state index in [9.17, 15) is 0 Å². The fraction of sp³-hybridized carbons (Fsp3) is 0.500. The highest BCUT2D eigenvalue weighted by molar-refractivity contribution is 5.50. The van der Waals surface area contributed by atoms with Crippen LogP contribution in [0.2, 0.25) is 0 Å². The summed E-state index contributed by atoms with van der Waals surface area (Å²) in [6.07, 6.45) is 10.4. The molecule has 0 saturated heterocycles. The molecule has 92 valence electrons. The van der Waals surface area contributed by atoms with Crippen molar-refractivity contribution in [2.24, 2.45) is 0 Å². The molecular weight excluding hydrogens is 206 g/mol. The zero-order valence-corrected chi connectivity index (χ0v) is 11.1. The zero-order chi connectivity index (χ0) is 12.5. The van der Waals surface area contributed by atoms with Crippen LogP contribution in [0.3, 0.4) is 0 Å². The van der Waals surface area contributed by atoms with Crippen LogP contribution in [0.25, 0.3) is 0 Å². The molecule has 0 heterocycles. The van der Waals surface area contributed by atoms with Crippen LogP contribution < -0.4 is 4.90 Å². The molecular formula is C16H23N. The summed E-state index contributed by atoms with van der Waals surface area (Å²) in [5.41, 5.74) is 2.26. The zero-order valence-electron chi connectivity index (χ0n) is 11.1. The molecule has 1 heteroatoms. The minimum Gasteiger partial charge on any atom is -0.372 e. The topological polar surface area (TPSA) is 3.24 Å². The molecule has 0 aliphatic rings. The van der Waals surface area contributed by atoms with Crippen LogP contribution >= 0.6 is 0 Å². The number of hydrogen-bond acceptors (Lipinski definition) is 1. The smallest absolute Gasteiger partial charge is 0.0367 e. The second-order valence-electron chi connectivity index (χ2n) is 4.39. The maximum atomic E-state index is 5.37. The van der Waals surface area contributed by atoms with Crippen molar-refractivity contribution in [1.82, 2.24) is 0 Å². The fourth-order valence-corrected chi connectivity index (χ4v) is 1.84. The number of unbranched alkanes of at least 4 members (excludes halogenated alkanes) is 2. The summed E-state index contributed by atoms with van der Waals surface area (Å²) < 4.78 is 0. The lowest BCUT2D eigenvalue weighted by Crippen LogP contribution is -2.25. The molecule has 0 N–H and O–H groups in total. The third kappa shape index (κ3) is 4.53. The van der Waals surface area contributed by atoms with Crippen molar-refractivity contribution >= 4 is 5.69 Å². The van der Waals surface area contributed by atoms with Gasteiger partial charge in [0.1, 0.15) is 0 Å². The van der Waals surface area contributed by atoms with Crippen LogP contribution in [0.15, 0.2) is 24.3 Å². The largest absolute Gasteiger partial charge is 0.372 e. The average Bonchev–Trinajstić information content (AvgIpc) is 2.39. The lowest BCUT2D eigenvalue weighted by molar-refractivity contribution is 0.678. The number of anilines is 1. The minimum atomic E-state index is 0.958. The van der Waals surface area contributed by atoms with E-state index in [1.165, 1.54) is 31.4 Å². The van der Waals surface area contributed by atoms with Gasteiger partial charge in [-0.3, -0.25) is 0 Å². The quantitative estimate of drug-likeness (QED) is 0.637. The molecule has 0 aliphatic heterocycles. The highest BCUT2D eigenvalue weighted by Gasteiger charge is 2.04. The molecule has 0 unspecified atom stereocenters. The molecule has 0 radical (unpaired) electrons. The van der Waals surface area contributed by atoms with Crippen molar-refractivity contribution in [2.75, 3.05) is 18.0 Å². The van der Waals surface area contributed by atoms with E-state index in [0.29, 0.717) is 0 Å². The summed E-state index contributed by atoms with van der Waals surface area (Å²) in [6.45, 7) is 6.76. The van der Waals surface area contributed by atoms with Gasteiger partial charge in [0.05, 0.1) is 0 Å². The second-order valence-corrected chi connectivity index (χ2v) is 4.39. The molecule has 0 spiro atoms. The molecule has 0 atom stereocenters. The van der Waals surface area contributed by atoms with Crippen LogP contribution in [-0.4, -0.2) is 13.1 Å². The molecule has 0 fully saturated rings. The Balaban J connectivity index is 2.69. The van der Waals surface area contributed by atoms with E-state index in [2.05, 4.69) is 36.8 Å². The number of benzene rings is 1. The van der Waals surface area contributed by atoms with Crippen LogP contribution in [-0.2, 0) is 0 Å². The first-order valence-corrected chi connectivity index (χ1v) is 6.63. The molecule has 17 heavy (non-hydrogen) atoms. The Kier molecular flexibility index (Phi) is 6.25. The van der Waals surface area contributed by atoms with Gasteiger partial charge in [0.2, 0.25) is 0 Å². The highest BCUT2D eigenvalue weighted by atomic mass is 15.1. The molecule has 0 aromatic heterocycles. The van der Waals surface area contributed by atoms with E-state index in [-0.39, 0.29) is 0 Å². The fourth-order valence-electron chi connectivity index (χ4n) is 1.84. The summed E-state index contributed by atoms with van der Waals surface area (Å²) in [6, 6.07) is 8.33. The van der Waals surface area contributed by atoms with Gasteiger partial charge in [0, 0.05) is 24.3 Å². The van der Waals surface area contributed by atoms with E-state index in [1.807, 2.05) is 12.1 Å². The third-order valence-corrected chi connectivity index (χ3v) is 2.96. The second kappa shape index (κ2) is 7.79. The summed E-state index contributed by atoms with van der Waals surface area (Å²) >= 11 is 0. The maximum absolute atomic E-state index is 5.37. The summed E-state index contributed by atoms with van der Waals surface area (Å²) in [5.74, 6) is 2.66. The Labute approximate surface area is 106 Å². The molecule has 1 nitrogen and oxygen atoms in total. The van der Waals surface area contributed by atoms with E-state index in [1.54, 1.807) is 0 Å². The SMILES string of the molecule is C#Cc1ccc(N(CCCC)CCCC)cc1. The Morgan fingerprint density at radius 3 is 1.94 bits per heavy atom. The van der Waals surface area contributed by atoms with Gasteiger partial charge in [-0.15, -0.1) is 6.42 Å². The van der Waals surface area contributed by atoms with Gasteiger partial charge >= 0.3 is 0 Å². The van der Waals surface area contributed by atoms with Gasteiger partial charge in [0.25, 0.3) is 0 Å². The average molecular weight is 229 g/mol. The summed E-state index contributed by atoms with van der Waals surface area (Å²) in [5, 5.41) is 0. The molecule has 0 saturated carbocycles. The normalized spacial score (nSPS) is 9.94. The number of terminal acetylenes is 1. The van der Waals surface area contributed by atoms with Crippen molar-refractivity contribution in [3.8, 4) is 12.3 Å².